The molecule has 1 amide bonds. The van der Waals surface area contributed by atoms with Gasteiger partial charge in [0, 0.05) is 12.1 Å². The van der Waals surface area contributed by atoms with Crippen molar-refractivity contribution < 1.29 is 18.7 Å². The molecule has 0 fully saturated rings. The Balaban J connectivity index is 1.66. The monoisotopic (exact) mass is 273 g/mol. The van der Waals surface area contributed by atoms with Crippen molar-refractivity contribution in [3.05, 3.63) is 59.4 Å². The molecule has 3 rings (SSSR count). The van der Waals surface area contributed by atoms with Gasteiger partial charge in [0.15, 0.2) is 11.5 Å². The van der Waals surface area contributed by atoms with Gasteiger partial charge in [0.05, 0.1) is 0 Å². The first-order valence-electron chi connectivity index (χ1n) is 6.15. The van der Waals surface area contributed by atoms with E-state index in [0.29, 0.717) is 23.6 Å². The molecular weight excluding hydrogens is 261 g/mol. The van der Waals surface area contributed by atoms with Crippen LogP contribution >= 0.6 is 0 Å². The van der Waals surface area contributed by atoms with Crippen molar-refractivity contribution in [3.8, 4) is 11.5 Å². The van der Waals surface area contributed by atoms with Gasteiger partial charge < -0.3 is 14.8 Å². The minimum absolute atomic E-state index is 0.217. The van der Waals surface area contributed by atoms with Gasteiger partial charge in [0.25, 0.3) is 5.91 Å². The first-order chi connectivity index (χ1) is 9.72. The quantitative estimate of drug-likeness (QED) is 0.934. The van der Waals surface area contributed by atoms with Crippen LogP contribution in [0.1, 0.15) is 15.9 Å². The van der Waals surface area contributed by atoms with Crippen LogP contribution in [0.15, 0.2) is 42.5 Å². The second kappa shape index (κ2) is 5.21. The molecule has 0 radical (unpaired) electrons. The number of benzene rings is 2. The fourth-order valence-electron chi connectivity index (χ4n) is 1.97. The molecule has 1 aliphatic rings. The topological polar surface area (TPSA) is 47.6 Å². The highest BCUT2D eigenvalue weighted by Crippen LogP contribution is 2.32. The van der Waals surface area contributed by atoms with Gasteiger partial charge in [-0.05, 0) is 35.9 Å². The fourth-order valence-corrected chi connectivity index (χ4v) is 1.97. The van der Waals surface area contributed by atoms with Crippen molar-refractivity contribution in [2.24, 2.45) is 0 Å². The molecule has 1 heterocycles. The summed E-state index contributed by atoms with van der Waals surface area (Å²) in [6.45, 7) is 0.556. The largest absolute Gasteiger partial charge is 0.454 e. The van der Waals surface area contributed by atoms with Crippen LogP contribution in [-0.4, -0.2) is 12.7 Å². The van der Waals surface area contributed by atoms with Gasteiger partial charge in [0.1, 0.15) is 5.82 Å². The molecule has 4 nitrogen and oxygen atoms in total. The van der Waals surface area contributed by atoms with Crippen LogP contribution in [0.5, 0.6) is 11.5 Å². The Kier molecular flexibility index (Phi) is 3.25. The van der Waals surface area contributed by atoms with E-state index < -0.39 is 5.82 Å². The predicted octanol–water partition coefficient (Wildman–Crippen LogP) is 2.48. The lowest BCUT2D eigenvalue weighted by atomic mass is 10.1. The lowest BCUT2D eigenvalue weighted by Gasteiger charge is -2.06. The number of carbonyl (C=O) groups excluding carboxylic acids is 1. The lowest BCUT2D eigenvalue weighted by Crippen LogP contribution is -2.22. The van der Waals surface area contributed by atoms with Crippen LogP contribution in [-0.2, 0) is 6.54 Å². The summed E-state index contributed by atoms with van der Waals surface area (Å²) in [5.41, 5.74) is 1.18. The normalized spacial score (nSPS) is 12.2. The number of hydrogen-bond donors (Lipinski definition) is 1. The predicted molar refractivity (Wildman–Crippen MR) is 70.1 cm³/mol. The number of carbonyl (C=O) groups is 1. The van der Waals surface area contributed by atoms with E-state index in [1.54, 1.807) is 12.1 Å². The van der Waals surface area contributed by atoms with E-state index in [4.69, 9.17) is 9.47 Å². The minimum atomic E-state index is -0.430. The second-order valence-electron chi connectivity index (χ2n) is 4.38. The maximum atomic E-state index is 13.0. The molecule has 0 atom stereocenters. The zero-order valence-corrected chi connectivity index (χ0v) is 10.6. The zero-order valence-electron chi connectivity index (χ0n) is 10.6. The van der Waals surface area contributed by atoms with Crippen LogP contribution in [0.2, 0.25) is 0 Å². The molecule has 0 spiro atoms. The number of fused-ring (bicyclic) bond motifs is 1. The highest BCUT2D eigenvalue weighted by atomic mass is 19.1. The summed E-state index contributed by atoms with van der Waals surface area (Å²) in [6, 6.07) is 11.0. The van der Waals surface area contributed by atoms with E-state index in [1.165, 1.54) is 18.2 Å². The van der Waals surface area contributed by atoms with E-state index in [0.717, 1.165) is 5.56 Å². The van der Waals surface area contributed by atoms with E-state index in [2.05, 4.69) is 5.32 Å². The van der Waals surface area contributed by atoms with E-state index in [9.17, 15) is 9.18 Å². The molecular formula is C15H12FNO3. The molecule has 1 N–H and O–H groups in total. The molecule has 102 valence electrons. The molecule has 0 bridgehead atoms. The van der Waals surface area contributed by atoms with Crippen molar-refractivity contribution in [2.75, 3.05) is 6.79 Å². The standard InChI is InChI=1S/C15H12FNO3/c16-12-3-1-2-11(7-12)15(18)17-8-10-4-5-13-14(6-10)20-9-19-13/h1-7H,8-9H2,(H,17,18). The molecule has 0 saturated heterocycles. The Labute approximate surface area is 115 Å². The van der Waals surface area contributed by atoms with Crippen LogP contribution in [0.3, 0.4) is 0 Å². The summed E-state index contributed by atoms with van der Waals surface area (Å²) in [4.78, 5) is 11.9. The molecule has 5 heteroatoms. The smallest absolute Gasteiger partial charge is 0.251 e. The van der Waals surface area contributed by atoms with Gasteiger partial charge in [-0.15, -0.1) is 0 Å². The first kappa shape index (κ1) is 12.5. The Morgan fingerprint density at radius 2 is 2.00 bits per heavy atom. The third kappa shape index (κ3) is 2.56. The van der Waals surface area contributed by atoms with Gasteiger partial charge in [-0.25, -0.2) is 4.39 Å². The molecule has 2 aromatic rings. The highest BCUT2D eigenvalue weighted by molar-refractivity contribution is 5.94. The van der Waals surface area contributed by atoms with Crippen LogP contribution < -0.4 is 14.8 Å². The summed E-state index contributed by atoms with van der Waals surface area (Å²) in [5.74, 6) is 0.621. The van der Waals surface area contributed by atoms with Crippen LogP contribution in [0, 0.1) is 5.82 Å². The molecule has 0 aliphatic carbocycles. The van der Waals surface area contributed by atoms with E-state index in [1.807, 2.05) is 12.1 Å². The average Bonchev–Trinajstić information content (AvgIpc) is 2.92. The summed E-state index contributed by atoms with van der Waals surface area (Å²) in [7, 11) is 0. The van der Waals surface area contributed by atoms with Crippen LogP contribution in [0.25, 0.3) is 0 Å². The SMILES string of the molecule is O=C(NCc1ccc2c(c1)OCO2)c1cccc(F)c1. The third-order valence-corrected chi connectivity index (χ3v) is 2.98. The number of rotatable bonds is 3. The molecule has 0 saturated carbocycles. The van der Waals surface area contributed by atoms with Crippen LogP contribution in [0.4, 0.5) is 4.39 Å². The van der Waals surface area contributed by atoms with Crippen molar-refractivity contribution in [1.29, 1.82) is 0 Å². The number of amides is 1. The molecule has 1 aliphatic heterocycles. The second-order valence-corrected chi connectivity index (χ2v) is 4.38. The van der Waals surface area contributed by atoms with E-state index in [-0.39, 0.29) is 12.7 Å². The summed E-state index contributed by atoms with van der Waals surface area (Å²) < 4.78 is 23.5. The van der Waals surface area contributed by atoms with Gasteiger partial charge >= 0.3 is 0 Å². The maximum absolute atomic E-state index is 13.0. The zero-order chi connectivity index (χ0) is 13.9. The summed E-state index contributed by atoms with van der Waals surface area (Å²) in [5, 5.41) is 2.73. The highest BCUT2D eigenvalue weighted by Gasteiger charge is 2.13. The van der Waals surface area contributed by atoms with E-state index >= 15 is 0 Å². The van der Waals surface area contributed by atoms with Gasteiger partial charge in [-0.1, -0.05) is 12.1 Å². The summed E-state index contributed by atoms with van der Waals surface area (Å²) >= 11 is 0. The number of hydrogen-bond acceptors (Lipinski definition) is 3. The van der Waals surface area contributed by atoms with Crippen molar-refractivity contribution in [2.45, 2.75) is 6.54 Å². The Hall–Kier alpha value is -2.56. The molecule has 0 aromatic heterocycles. The Bertz CT molecular complexity index is 657. The number of nitrogens with one attached hydrogen (secondary N) is 1. The Morgan fingerprint density at radius 3 is 2.85 bits per heavy atom. The van der Waals surface area contributed by atoms with Gasteiger partial charge in [-0.3, -0.25) is 4.79 Å². The lowest BCUT2D eigenvalue weighted by molar-refractivity contribution is 0.0950. The van der Waals surface area contributed by atoms with Crippen molar-refractivity contribution in [3.63, 3.8) is 0 Å². The average molecular weight is 273 g/mol. The number of halogens is 1. The number of ether oxygens (including phenoxy) is 2. The summed E-state index contributed by atoms with van der Waals surface area (Å²) in [6.07, 6.45) is 0. The molecule has 20 heavy (non-hydrogen) atoms. The van der Waals surface area contributed by atoms with Crippen molar-refractivity contribution in [1.82, 2.24) is 5.32 Å². The molecule has 2 aromatic carbocycles. The van der Waals surface area contributed by atoms with Gasteiger partial charge in [0.2, 0.25) is 6.79 Å². The first-order valence-corrected chi connectivity index (χ1v) is 6.15. The van der Waals surface area contributed by atoms with Crippen molar-refractivity contribution >= 4 is 5.91 Å². The third-order valence-electron chi connectivity index (χ3n) is 2.98. The fraction of sp³-hybridized carbons (Fsp3) is 0.133. The van der Waals surface area contributed by atoms with Gasteiger partial charge in [-0.2, -0.15) is 0 Å². The maximum Gasteiger partial charge on any atom is 0.251 e. The Morgan fingerprint density at radius 1 is 1.15 bits per heavy atom. The molecule has 0 unspecified atom stereocenters. The minimum Gasteiger partial charge on any atom is -0.454 e.